The van der Waals surface area contributed by atoms with Crippen LogP contribution in [-0.2, 0) is 9.59 Å². The van der Waals surface area contributed by atoms with Crippen molar-refractivity contribution in [1.29, 1.82) is 0 Å². The zero-order valence-electron chi connectivity index (χ0n) is 17.2. The number of ketones is 1. The van der Waals surface area contributed by atoms with Gasteiger partial charge in [0.15, 0.2) is 0 Å². The third-order valence-corrected chi connectivity index (χ3v) is 5.11. The maximum Gasteiger partial charge on any atom is 0.295 e. The molecule has 6 heteroatoms. The van der Waals surface area contributed by atoms with Gasteiger partial charge in [0.2, 0.25) is 0 Å². The van der Waals surface area contributed by atoms with Crippen LogP contribution >= 0.6 is 0 Å². The molecule has 2 aromatic rings. The summed E-state index contributed by atoms with van der Waals surface area (Å²) in [5, 5.41) is 11.1. The molecule has 1 atom stereocenters. The second kappa shape index (κ2) is 8.49. The van der Waals surface area contributed by atoms with Gasteiger partial charge in [0.1, 0.15) is 11.5 Å². The average molecular weight is 394 g/mol. The minimum Gasteiger partial charge on any atom is -0.507 e. The summed E-state index contributed by atoms with van der Waals surface area (Å²) in [5.41, 5.74) is 2.21. The van der Waals surface area contributed by atoms with E-state index in [0.29, 0.717) is 24.4 Å². The summed E-state index contributed by atoms with van der Waals surface area (Å²) in [6, 6.07) is 13.9. The minimum atomic E-state index is -0.663. The molecule has 152 valence electrons. The number of likely N-dealkylation sites (N-methyl/N-ethyl adjacent to an activating group) is 1. The highest BCUT2D eigenvalue weighted by atomic mass is 16.5. The van der Waals surface area contributed by atoms with Crippen LogP contribution < -0.4 is 4.74 Å². The smallest absolute Gasteiger partial charge is 0.295 e. The third-order valence-electron chi connectivity index (χ3n) is 5.11. The van der Waals surface area contributed by atoms with Gasteiger partial charge in [-0.3, -0.25) is 9.59 Å². The second-order valence-corrected chi connectivity index (χ2v) is 7.39. The zero-order valence-corrected chi connectivity index (χ0v) is 17.2. The largest absolute Gasteiger partial charge is 0.507 e. The number of aliphatic hydroxyl groups is 1. The van der Waals surface area contributed by atoms with Crippen molar-refractivity contribution >= 4 is 17.4 Å². The molecule has 1 aliphatic heterocycles. The van der Waals surface area contributed by atoms with E-state index in [1.165, 1.54) is 0 Å². The second-order valence-electron chi connectivity index (χ2n) is 7.39. The Morgan fingerprint density at radius 2 is 1.83 bits per heavy atom. The van der Waals surface area contributed by atoms with Gasteiger partial charge >= 0.3 is 0 Å². The first kappa shape index (κ1) is 20.6. The number of carbonyl (C=O) groups excluding carboxylic acids is 2. The molecule has 0 aliphatic carbocycles. The number of rotatable bonds is 6. The van der Waals surface area contributed by atoms with Crippen molar-refractivity contribution in [2.75, 3.05) is 34.3 Å². The number of ether oxygens (including phenoxy) is 1. The number of nitrogens with zero attached hydrogens (tertiary/aromatic N) is 2. The van der Waals surface area contributed by atoms with E-state index in [1.807, 2.05) is 56.3 Å². The number of hydrogen-bond donors (Lipinski definition) is 1. The van der Waals surface area contributed by atoms with Crippen LogP contribution in [0.2, 0.25) is 0 Å². The van der Waals surface area contributed by atoms with Gasteiger partial charge in [-0.25, -0.2) is 0 Å². The first-order chi connectivity index (χ1) is 13.8. The number of benzene rings is 2. The van der Waals surface area contributed by atoms with Crippen molar-refractivity contribution in [3.8, 4) is 5.75 Å². The predicted octanol–water partition coefficient (Wildman–Crippen LogP) is 2.99. The monoisotopic (exact) mass is 394 g/mol. The van der Waals surface area contributed by atoms with E-state index in [-0.39, 0.29) is 11.3 Å². The molecule has 1 amide bonds. The Morgan fingerprint density at radius 1 is 1.14 bits per heavy atom. The summed E-state index contributed by atoms with van der Waals surface area (Å²) < 4.78 is 5.27. The predicted molar refractivity (Wildman–Crippen MR) is 112 cm³/mol. The topological polar surface area (TPSA) is 70.1 Å². The van der Waals surface area contributed by atoms with Gasteiger partial charge in [0.25, 0.3) is 11.7 Å². The average Bonchev–Trinajstić information content (AvgIpc) is 2.97. The Hall–Kier alpha value is -3.12. The third kappa shape index (κ3) is 4.03. The molecule has 6 nitrogen and oxygen atoms in total. The number of Topliss-reactive ketones (excluding diaryl/α,β-unsaturated/α-hetero) is 1. The van der Waals surface area contributed by atoms with E-state index >= 15 is 0 Å². The first-order valence-corrected chi connectivity index (χ1v) is 9.48. The van der Waals surface area contributed by atoms with Crippen molar-refractivity contribution in [1.82, 2.24) is 9.80 Å². The molecule has 1 unspecified atom stereocenters. The van der Waals surface area contributed by atoms with Crippen LogP contribution in [0.1, 0.15) is 22.7 Å². The molecule has 3 rings (SSSR count). The number of aliphatic hydroxyl groups excluding tert-OH is 1. The minimum absolute atomic E-state index is 0.115. The Bertz CT molecular complexity index is 951. The molecule has 1 heterocycles. The molecule has 0 aromatic heterocycles. The molecule has 1 saturated heterocycles. The van der Waals surface area contributed by atoms with E-state index in [1.54, 1.807) is 30.2 Å². The van der Waals surface area contributed by atoms with Gasteiger partial charge < -0.3 is 19.6 Å². The standard InChI is InChI=1S/C23H26N2O4/c1-15-14-17(10-11-18(15)29-4)21(26)19-20(16-8-6-5-7-9-16)25(13-12-24(2)3)23(28)22(19)27/h5-11,14,20,26H,12-13H2,1-4H3/b21-19+. The SMILES string of the molecule is COc1ccc(/C(O)=C2\C(=O)C(=O)N(CCN(C)C)C2c2ccccc2)cc1C. The summed E-state index contributed by atoms with van der Waals surface area (Å²) in [6.45, 7) is 2.85. The van der Waals surface area contributed by atoms with Crippen LogP contribution in [0.15, 0.2) is 54.1 Å². The normalized spacial score (nSPS) is 18.5. The van der Waals surface area contributed by atoms with Gasteiger partial charge in [-0.05, 0) is 50.3 Å². The van der Waals surface area contributed by atoms with Gasteiger partial charge in [0, 0.05) is 18.7 Å². The first-order valence-electron chi connectivity index (χ1n) is 9.48. The maximum atomic E-state index is 12.9. The molecule has 0 saturated carbocycles. The fourth-order valence-corrected chi connectivity index (χ4v) is 3.58. The number of methoxy groups -OCH3 is 1. The van der Waals surface area contributed by atoms with E-state index < -0.39 is 17.7 Å². The lowest BCUT2D eigenvalue weighted by molar-refractivity contribution is -0.140. The molecule has 1 N–H and O–H groups in total. The molecule has 0 spiro atoms. The van der Waals surface area contributed by atoms with Crippen molar-refractivity contribution in [2.24, 2.45) is 0 Å². The quantitative estimate of drug-likeness (QED) is 0.463. The molecule has 1 aliphatic rings. The van der Waals surface area contributed by atoms with Crippen LogP contribution in [-0.4, -0.2) is 60.9 Å². The van der Waals surface area contributed by atoms with Gasteiger partial charge in [0.05, 0.1) is 18.7 Å². The van der Waals surface area contributed by atoms with Crippen LogP contribution in [0.5, 0.6) is 5.75 Å². The van der Waals surface area contributed by atoms with Crippen molar-refractivity contribution in [2.45, 2.75) is 13.0 Å². The fraction of sp³-hybridized carbons (Fsp3) is 0.304. The van der Waals surface area contributed by atoms with E-state index in [4.69, 9.17) is 4.74 Å². The number of amides is 1. The molecule has 2 aromatic carbocycles. The molecule has 0 bridgehead atoms. The summed E-state index contributed by atoms with van der Waals surface area (Å²) in [5.74, 6) is -0.737. The summed E-state index contributed by atoms with van der Waals surface area (Å²) >= 11 is 0. The summed E-state index contributed by atoms with van der Waals surface area (Å²) in [7, 11) is 5.40. The molecule has 0 radical (unpaired) electrons. The highest BCUT2D eigenvalue weighted by Crippen LogP contribution is 2.39. The lowest BCUT2D eigenvalue weighted by Crippen LogP contribution is -2.35. The van der Waals surface area contributed by atoms with Crippen molar-refractivity contribution in [3.63, 3.8) is 0 Å². The Kier molecular flexibility index (Phi) is 6.03. The Morgan fingerprint density at radius 3 is 2.41 bits per heavy atom. The molecule has 29 heavy (non-hydrogen) atoms. The van der Waals surface area contributed by atoms with Gasteiger partial charge in [-0.2, -0.15) is 0 Å². The zero-order chi connectivity index (χ0) is 21.1. The van der Waals surface area contributed by atoms with Crippen LogP contribution in [0, 0.1) is 6.92 Å². The lowest BCUT2D eigenvalue weighted by atomic mass is 9.95. The number of carbonyl (C=O) groups is 2. The van der Waals surface area contributed by atoms with E-state index in [2.05, 4.69) is 0 Å². The van der Waals surface area contributed by atoms with E-state index in [9.17, 15) is 14.7 Å². The molecule has 1 fully saturated rings. The molecular formula is C23H26N2O4. The number of likely N-dealkylation sites (tertiary alicyclic amines) is 1. The summed E-state index contributed by atoms with van der Waals surface area (Å²) in [4.78, 5) is 29.2. The highest BCUT2D eigenvalue weighted by molar-refractivity contribution is 6.46. The van der Waals surface area contributed by atoms with Crippen molar-refractivity contribution in [3.05, 3.63) is 70.8 Å². The highest BCUT2D eigenvalue weighted by Gasteiger charge is 2.45. The van der Waals surface area contributed by atoms with Gasteiger partial charge in [-0.15, -0.1) is 0 Å². The fourth-order valence-electron chi connectivity index (χ4n) is 3.58. The van der Waals surface area contributed by atoms with Crippen LogP contribution in [0.3, 0.4) is 0 Å². The van der Waals surface area contributed by atoms with Gasteiger partial charge in [-0.1, -0.05) is 30.3 Å². The van der Waals surface area contributed by atoms with E-state index in [0.717, 1.165) is 11.1 Å². The van der Waals surface area contributed by atoms with Crippen LogP contribution in [0.25, 0.3) is 5.76 Å². The van der Waals surface area contributed by atoms with Crippen molar-refractivity contribution < 1.29 is 19.4 Å². The lowest BCUT2D eigenvalue weighted by Gasteiger charge is -2.26. The number of hydrogen-bond acceptors (Lipinski definition) is 5. The summed E-state index contributed by atoms with van der Waals surface area (Å²) in [6.07, 6.45) is 0. The Labute approximate surface area is 171 Å². The number of aryl methyl sites for hydroxylation is 1. The molecular weight excluding hydrogens is 368 g/mol. The van der Waals surface area contributed by atoms with Crippen LogP contribution in [0.4, 0.5) is 0 Å². The Balaban J connectivity index is 2.13. The maximum absolute atomic E-state index is 12.9.